The van der Waals surface area contributed by atoms with Gasteiger partial charge in [0.1, 0.15) is 5.75 Å². The highest BCUT2D eigenvalue weighted by atomic mass is 35.5. The normalized spacial score (nSPS) is 23.1. The van der Waals surface area contributed by atoms with Crippen LogP contribution in [-0.4, -0.2) is 24.7 Å². The third-order valence-electron chi connectivity index (χ3n) is 3.38. The Hall–Kier alpha value is -1.26. The Labute approximate surface area is 111 Å². The van der Waals surface area contributed by atoms with Gasteiger partial charge in [-0.05, 0) is 24.5 Å². The van der Waals surface area contributed by atoms with Crippen LogP contribution in [0.5, 0.6) is 5.75 Å². The number of hydrogen-bond donors (Lipinski definition) is 2. The SMILES string of the molecule is COc1c(C)ccc(C2CC(C(=O)O)CN2)c1Cl. The first-order valence-electron chi connectivity index (χ1n) is 5.83. The van der Waals surface area contributed by atoms with Gasteiger partial charge in [0.2, 0.25) is 0 Å². The number of halogens is 1. The molecule has 2 rings (SSSR count). The summed E-state index contributed by atoms with van der Waals surface area (Å²) in [6, 6.07) is 3.85. The predicted octanol–water partition coefficient (Wildman–Crippen LogP) is 2.39. The number of hydrogen-bond acceptors (Lipinski definition) is 3. The number of aliphatic carboxylic acids is 1. The average molecular weight is 270 g/mol. The molecule has 1 aliphatic rings. The molecule has 1 saturated heterocycles. The Morgan fingerprint density at radius 3 is 2.83 bits per heavy atom. The summed E-state index contributed by atoms with van der Waals surface area (Å²) in [7, 11) is 1.58. The molecule has 2 atom stereocenters. The molecule has 0 spiro atoms. The minimum atomic E-state index is -0.764. The van der Waals surface area contributed by atoms with Gasteiger partial charge in [-0.25, -0.2) is 0 Å². The number of rotatable bonds is 3. The second kappa shape index (κ2) is 5.16. The van der Waals surface area contributed by atoms with Crippen molar-refractivity contribution in [3.05, 3.63) is 28.3 Å². The molecule has 0 amide bonds. The number of methoxy groups -OCH3 is 1. The molecular formula is C13H16ClNO3. The number of benzene rings is 1. The van der Waals surface area contributed by atoms with E-state index in [4.69, 9.17) is 21.4 Å². The number of carboxylic acid groups (broad SMARTS) is 1. The zero-order chi connectivity index (χ0) is 13.3. The van der Waals surface area contributed by atoms with E-state index in [9.17, 15) is 4.79 Å². The van der Waals surface area contributed by atoms with E-state index < -0.39 is 5.97 Å². The molecule has 2 N–H and O–H groups in total. The highest BCUT2D eigenvalue weighted by Gasteiger charge is 2.31. The molecule has 1 heterocycles. The molecule has 5 heteroatoms. The van der Waals surface area contributed by atoms with Crippen molar-refractivity contribution >= 4 is 17.6 Å². The van der Waals surface area contributed by atoms with E-state index >= 15 is 0 Å². The summed E-state index contributed by atoms with van der Waals surface area (Å²) in [4.78, 5) is 10.9. The first-order valence-corrected chi connectivity index (χ1v) is 6.21. The highest BCUT2D eigenvalue weighted by Crippen LogP contribution is 2.38. The molecule has 98 valence electrons. The lowest BCUT2D eigenvalue weighted by atomic mass is 9.99. The minimum absolute atomic E-state index is 0.0203. The Morgan fingerprint density at radius 1 is 1.56 bits per heavy atom. The number of carbonyl (C=O) groups is 1. The van der Waals surface area contributed by atoms with Crippen molar-refractivity contribution in [3.8, 4) is 5.75 Å². The molecule has 18 heavy (non-hydrogen) atoms. The van der Waals surface area contributed by atoms with Gasteiger partial charge < -0.3 is 15.2 Å². The monoisotopic (exact) mass is 269 g/mol. The Kier molecular flexibility index (Phi) is 3.78. The maximum atomic E-state index is 10.9. The first-order chi connectivity index (χ1) is 8.54. The molecule has 2 unspecified atom stereocenters. The summed E-state index contributed by atoms with van der Waals surface area (Å²) in [5.74, 6) is -0.451. The lowest BCUT2D eigenvalue weighted by Gasteiger charge is -2.16. The minimum Gasteiger partial charge on any atom is -0.495 e. The summed E-state index contributed by atoms with van der Waals surface area (Å²) in [5.41, 5.74) is 1.88. The van der Waals surface area contributed by atoms with Crippen molar-refractivity contribution in [3.63, 3.8) is 0 Å². The molecule has 1 aromatic carbocycles. The fourth-order valence-electron chi connectivity index (χ4n) is 2.35. The van der Waals surface area contributed by atoms with Crippen LogP contribution in [0.1, 0.15) is 23.6 Å². The Morgan fingerprint density at radius 2 is 2.28 bits per heavy atom. The van der Waals surface area contributed by atoms with Crippen LogP contribution in [0.3, 0.4) is 0 Å². The summed E-state index contributed by atoms with van der Waals surface area (Å²) >= 11 is 6.31. The van der Waals surface area contributed by atoms with Crippen LogP contribution in [0.2, 0.25) is 5.02 Å². The van der Waals surface area contributed by atoms with E-state index in [1.807, 2.05) is 19.1 Å². The molecular weight excluding hydrogens is 254 g/mol. The highest BCUT2D eigenvalue weighted by molar-refractivity contribution is 6.33. The third kappa shape index (κ3) is 2.31. The van der Waals surface area contributed by atoms with Crippen molar-refractivity contribution in [2.24, 2.45) is 5.92 Å². The Bertz CT molecular complexity index is 476. The van der Waals surface area contributed by atoms with Gasteiger partial charge in [0.25, 0.3) is 0 Å². The van der Waals surface area contributed by atoms with Crippen LogP contribution in [0.25, 0.3) is 0 Å². The fraction of sp³-hybridized carbons (Fsp3) is 0.462. The third-order valence-corrected chi connectivity index (χ3v) is 3.77. The second-order valence-electron chi connectivity index (χ2n) is 4.55. The smallest absolute Gasteiger partial charge is 0.307 e. The second-order valence-corrected chi connectivity index (χ2v) is 4.93. The molecule has 0 aliphatic carbocycles. The molecule has 0 bridgehead atoms. The standard InChI is InChI=1S/C13H16ClNO3/c1-7-3-4-9(11(14)12(7)18-2)10-5-8(6-15-10)13(16)17/h3-4,8,10,15H,5-6H2,1-2H3,(H,16,17). The van der Waals surface area contributed by atoms with Crippen LogP contribution in [0.15, 0.2) is 12.1 Å². The van der Waals surface area contributed by atoms with Gasteiger partial charge in [-0.2, -0.15) is 0 Å². The first kappa shape index (κ1) is 13.2. The zero-order valence-corrected chi connectivity index (χ0v) is 11.1. The summed E-state index contributed by atoms with van der Waals surface area (Å²) < 4.78 is 5.27. The van der Waals surface area contributed by atoms with Gasteiger partial charge in [0.05, 0.1) is 18.1 Å². The molecule has 4 nitrogen and oxygen atoms in total. The van der Waals surface area contributed by atoms with E-state index in [0.717, 1.165) is 11.1 Å². The average Bonchev–Trinajstić information content (AvgIpc) is 2.79. The maximum Gasteiger partial charge on any atom is 0.307 e. The summed E-state index contributed by atoms with van der Waals surface area (Å²) in [6.07, 6.45) is 0.557. The maximum absolute atomic E-state index is 10.9. The number of nitrogens with one attached hydrogen (secondary N) is 1. The van der Waals surface area contributed by atoms with E-state index in [1.165, 1.54) is 0 Å². The van der Waals surface area contributed by atoms with Gasteiger partial charge in [-0.15, -0.1) is 0 Å². The van der Waals surface area contributed by atoms with E-state index in [-0.39, 0.29) is 12.0 Å². The summed E-state index contributed by atoms with van der Waals surface area (Å²) in [5, 5.41) is 12.8. The summed E-state index contributed by atoms with van der Waals surface area (Å²) in [6.45, 7) is 2.41. The topological polar surface area (TPSA) is 58.6 Å². The fourth-order valence-corrected chi connectivity index (χ4v) is 2.77. The largest absolute Gasteiger partial charge is 0.495 e. The number of aryl methyl sites for hydroxylation is 1. The molecule has 1 aliphatic heterocycles. The quantitative estimate of drug-likeness (QED) is 0.885. The van der Waals surface area contributed by atoms with E-state index in [0.29, 0.717) is 23.7 Å². The molecule has 1 fully saturated rings. The van der Waals surface area contributed by atoms with Crippen molar-refractivity contribution in [1.29, 1.82) is 0 Å². The molecule has 0 saturated carbocycles. The molecule has 0 aromatic heterocycles. The van der Waals surface area contributed by atoms with Gasteiger partial charge in [-0.1, -0.05) is 23.7 Å². The lowest BCUT2D eigenvalue weighted by molar-refractivity contribution is -0.141. The van der Waals surface area contributed by atoms with Gasteiger partial charge >= 0.3 is 5.97 Å². The van der Waals surface area contributed by atoms with E-state index in [1.54, 1.807) is 7.11 Å². The number of ether oxygens (including phenoxy) is 1. The lowest BCUT2D eigenvalue weighted by Crippen LogP contribution is -2.17. The van der Waals surface area contributed by atoms with Crippen LogP contribution in [0.4, 0.5) is 0 Å². The number of carboxylic acids is 1. The van der Waals surface area contributed by atoms with Gasteiger partial charge in [0.15, 0.2) is 0 Å². The molecule has 0 radical (unpaired) electrons. The van der Waals surface area contributed by atoms with Crippen molar-refractivity contribution in [1.82, 2.24) is 5.32 Å². The van der Waals surface area contributed by atoms with Crippen LogP contribution in [0, 0.1) is 12.8 Å². The Balaban J connectivity index is 2.28. The van der Waals surface area contributed by atoms with Gasteiger partial charge in [-0.3, -0.25) is 4.79 Å². The van der Waals surface area contributed by atoms with Gasteiger partial charge in [0, 0.05) is 12.6 Å². The van der Waals surface area contributed by atoms with E-state index in [2.05, 4.69) is 5.32 Å². The van der Waals surface area contributed by atoms with Crippen LogP contribution < -0.4 is 10.1 Å². The predicted molar refractivity (Wildman–Crippen MR) is 69.2 cm³/mol. The van der Waals surface area contributed by atoms with Crippen molar-refractivity contribution in [2.45, 2.75) is 19.4 Å². The van der Waals surface area contributed by atoms with Crippen LogP contribution >= 0.6 is 11.6 Å². The van der Waals surface area contributed by atoms with Crippen molar-refractivity contribution in [2.75, 3.05) is 13.7 Å². The molecule has 1 aromatic rings. The van der Waals surface area contributed by atoms with Crippen LogP contribution in [-0.2, 0) is 4.79 Å². The zero-order valence-electron chi connectivity index (χ0n) is 10.4. The van der Waals surface area contributed by atoms with Crippen molar-refractivity contribution < 1.29 is 14.6 Å².